The summed E-state index contributed by atoms with van der Waals surface area (Å²) in [6.07, 6.45) is 1.61. The molecule has 0 aliphatic rings. The van der Waals surface area contributed by atoms with Crippen molar-refractivity contribution in [3.8, 4) is 0 Å². The highest BCUT2D eigenvalue weighted by molar-refractivity contribution is 9.10. The lowest BCUT2D eigenvalue weighted by Gasteiger charge is -2.06. The Morgan fingerprint density at radius 3 is 2.79 bits per heavy atom. The van der Waals surface area contributed by atoms with Crippen molar-refractivity contribution in [1.82, 2.24) is 0 Å². The van der Waals surface area contributed by atoms with Gasteiger partial charge in [0, 0.05) is 22.0 Å². The van der Waals surface area contributed by atoms with Crippen LogP contribution in [0.2, 0.25) is 0 Å². The van der Waals surface area contributed by atoms with Crippen molar-refractivity contribution >= 4 is 21.6 Å². The van der Waals surface area contributed by atoms with E-state index in [4.69, 9.17) is 0 Å². The van der Waals surface area contributed by atoms with Crippen LogP contribution in [-0.2, 0) is 0 Å². The fourth-order valence-corrected chi connectivity index (χ4v) is 1.45. The maximum absolute atomic E-state index is 10.7. The molecule has 0 heterocycles. The lowest BCUT2D eigenvalue weighted by molar-refractivity contribution is -0.385. The van der Waals surface area contributed by atoms with Crippen molar-refractivity contribution in [2.24, 2.45) is 0 Å². The van der Waals surface area contributed by atoms with Gasteiger partial charge in [0.1, 0.15) is 0 Å². The molecule has 0 unspecified atom stereocenters. The van der Waals surface area contributed by atoms with E-state index in [1.54, 1.807) is 25.1 Å². The van der Waals surface area contributed by atoms with Crippen LogP contribution < -0.4 is 0 Å². The number of halogens is 1. The summed E-state index contributed by atoms with van der Waals surface area (Å²) in [5.41, 5.74) is 0.699. The van der Waals surface area contributed by atoms with Crippen LogP contribution in [0.25, 0.3) is 0 Å². The van der Waals surface area contributed by atoms with E-state index in [1.165, 1.54) is 6.07 Å². The first-order chi connectivity index (χ1) is 6.56. The van der Waals surface area contributed by atoms with Crippen molar-refractivity contribution in [3.05, 3.63) is 56.9 Å². The quantitative estimate of drug-likeness (QED) is 0.612. The van der Waals surface area contributed by atoms with Crippen molar-refractivity contribution in [2.45, 2.75) is 6.92 Å². The third kappa shape index (κ3) is 2.20. The van der Waals surface area contributed by atoms with E-state index >= 15 is 0 Å². The predicted molar refractivity (Wildman–Crippen MR) is 59.0 cm³/mol. The zero-order valence-electron chi connectivity index (χ0n) is 7.66. The summed E-state index contributed by atoms with van der Waals surface area (Å²) in [7, 11) is 0. The number of nitro benzene ring substituents is 1. The summed E-state index contributed by atoms with van der Waals surface area (Å²) in [6.45, 7) is 5.39. The normalized spacial score (nSPS) is 10.2. The third-order valence-electron chi connectivity index (χ3n) is 1.89. The predicted octanol–water partition coefficient (Wildman–Crippen LogP) is 3.49. The second kappa shape index (κ2) is 4.37. The molecule has 4 heteroatoms. The molecule has 0 atom stereocenters. The fraction of sp³-hybridized carbons (Fsp3) is 0.100. The third-order valence-corrected chi connectivity index (χ3v) is 2.38. The van der Waals surface area contributed by atoms with E-state index in [2.05, 4.69) is 22.5 Å². The van der Waals surface area contributed by atoms with Gasteiger partial charge in [-0.25, -0.2) is 0 Å². The molecule has 1 aromatic carbocycles. The molecule has 0 aromatic heterocycles. The molecule has 0 bridgehead atoms. The second-order valence-electron chi connectivity index (χ2n) is 2.81. The van der Waals surface area contributed by atoms with Crippen LogP contribution in [0.15, 0.2) is 35.3 Å². The number of rotatable bonds is 3. The van der Waals surface area contributed by atoms with E-state index in [1.807, 2.05) is 0 Å². The van der Waals surface area contributed by atoms with Gasteiger partial charge in [0.2, 0.25) is 0 Å². The van der Waals surface area contributed by atoms with E-state index < -0.39 is 4.92 Å². The summed E-state index contributed by atoms with van der Waals surface area (Å²) >= 11 is 3.27. The molecule has 0 fully saturated rings. The number of nitro groups is 1. The first-order valence-electron chi connectivity index (χ1n) is 3.96. The van der Waals surface area contributed by atoms with Crippen molar-refractivity contribution in [1.29, 1.82) is 0 Å². The van der Waals surface area contributed by atoms with Crippen molar-refractivity contribution in [2.75, 3.05) is 0 Å². The fourth-order valence-electron chi connectivity index (χ4n) is 1.09. The molecule has 0 aliphatic heterocycles. The Labute approximate surface area is 90.7 Å². The molecular weight excluding hydrogens is 246 g/mol. The molecule has 0 saturated carbocycles. The number of benzene rings is 1. The molecule has 0 amide bonds. The van der Waals surface area contributed by atoms with Gasteiger partial charge in [0.15, 0.2) is 0 Å². The van der Waals surface area contributed by atoms with Crippen LogP contribution >= 0.6 is 15.9 Å². The van der Waals surface area contributed by atoms with Gasteiger partial charge in [0.05, 0.1) is 4.92 Å². The molecular formula is C10H9BrNO2. The minimum atomic E-state index is -0.394. The molecule has 73 valence electrons. The maximum atomic E-state index is 10.7. The average Bonchev–Trinajstić information content (AvgIpc) is 2.16. The number of hydrogen-bond donors (Lipinski definition) is 0. The van der Waals surface area contributed by atoms with Gasteiger partial charge < -0.3 is 0 Å². The Balaban J connectivity index is 3.29. The lowest BCUT2D eigenvalue weighted by Crippen LogP contribution is -1.98. The Morgan fingerprint density at radius 1 is 1.64 bits per heavy atom. The Hall–Kier alpha value is -1.16. The van der Waals surface area contributed by atoms with Crippen LogP contribution in [0.3, 0.4) is 0 Å². The lowest BCUT2D eigenvalue weighted by atomic mass is 10.00. The number of nitrogens with zero attached hydrogens (tertiary/aromatic N) is 1. The van der Waals surface area contributed by atoms with Gasteiger partial charge >= 0.3 is 0 Å². The number of allylic oxidation sites excluding steroid dienone is 1. The molecule has 1 aromatic rings. The highest BCUT2D eigenvalue weighted by atomic mass is 79.9. The van der Waals surface area contributed by atoms with E-state index in [0.29, 0.717) is 5.56 Å². The standard InChI is InChI=1S/C10H9BrNO2/c1-3-7(2)9-6-8(11)4-5-10(9)12(13)14/h3-6H,1H2,2H3. The summed E-state index contributed by atoms with van der Waals surface area (Å²) in [4.78, 5) is 10.3. The van der Waals surface area contributed by atoms with Gasteiger partial charge in [-0.2, -0.15) is 0 Å². The van der Waals surface area contributed by atoms with Crippen LogP contribution in [-0.4, -0.2) is 4.92 Å². The zero-order chi connectivity index (χ0) is 10.7. The average molecular weight is 255 g/mol. The maximum Gasteiger partial charge on any atom is 0.273 e. The van der Waals surface area contributed by atoms with Crippen LogP contribution in [0.5, 0.6) is 0 Å². The summed E-state index contributed by atoms with van der Waals surface area (Å²) < 4.78 is 0.819. The SMILES string of the molecule is C=C[C](C)c1cc(Br)ccc1[N+](=O)[O-]. The molecule has 0 spiro atoms. The van der Waals surface area contributed by atoms with Gasteiger partial charge in [-0.15, -0.1) is 6.58 Å². The van der Waals surface area contributed by atoms with E-state index in [0.717, 1.165) is 10.4 Å². The summed E-state index contributed by atoms with van der Waals surface area (Å²) in [6, 6.07) is 4.85. The van der Waals surface area contributed by atoms with Crippen LogP contribution in [0, 0.1) is 16.0 Å². The molecule has 3 nitrogen and oxygen atoms in total. The summed E-state index contributed by atoms with van der Waals surface area (Å²) in [5.74, 6) is 0.790. The monoisotopic (exact) mass is 254 g/mol. The number of hydrogen-bond acceptors (Lipinski definition) is 2. The smallest absolute Gasteiger partial charge is 0.258 e. The Kier molecular flexibility index (Phi) is 3.41. The minimum absolute atomic E-state index is 0.102. The molecule has 0 aliphatic carbocycles. The Morgan fingerprint density at radius 2 is 2.29 bits per heavy atom. The molecule has 1 radical (unpaired) electrons. The first-order valence-corrected chi connectivity index (χ1v) is 4.76. The van der Waals surface area contributed by atoms with Gasteiger partial charge in [0.25, 0.3) is 5.69 Å². The zero-order valence-corrected chi connectivity index (χ0v) is 9.24. The van der Waals surface area contributed by atoms with Crippen molar-refractivity contribution in [3.63, 3.8) is 0 Å². The van der Waals surface area contributed by atoms with Gasteiger partial charge in [-0.1, -0.05) is 28.9 Å². The Bertz CT molecular complexity index is 376. The second-order valence-corrected chi connectivity index (χ2v) is 3.72. The highest BCUT2D eigenvalue weighted by Gasteiger charge is 2.17. The highest BCUT2D eigenvalue weighted by Crippen LogP contribution is 2.29. The van der Waals surface area contributed by atoms with Crippen LogP contribution in [0.4, 0.5) is 5.69 Å². The van der Waals surface area contributed by atoms with Gasteiger partial charge in [-0.3, -0.25) is 10.1 Å². The molecule has 14 heavy (non-hydrogen) atoms. The molecule has 0 N–H and O–H groups in total. The summed E-state index contributed by atoms with van der Waals surface area (Å²) in [5, 5.41) is 10.7. The van der Waals surface area contributed by atoms with Crippen molar-refractivity contribution < 1.29 is 4.92 Å². The topological polar surface area (TPSA) is 43.1 Å². The molecule has 0 saturated heterocycles. The first kappa shape index (κ1) is 10.9. The minimum Gasteiger partial charge on any atom is -0.258 e. The molecule has 1 rings (SSSR count). The largest absolute Gasteiger partial charge is 0.273 e. The van der Waals surface area contributed by atoms with Gasteiger partial charge in [-0.05, 0) is 12.1 Å². The van der Waals surface area contributed by atoms with Crippen LogP contribution in [0.1, 0.15) is 12.5 Å². The van der Waals surface area contributed by atoms with E-state index in [-0.39, 0.29) is 5.69 Å². The van der Waals surface area contributed by atoms with E-state index in [9.17, 15) is 10.1 Å².